The SMILES string of the molecule is CC(=O)NN(CC(=O)O)c1cc(C(C)C)c2c(C)nn(C)c2n1. The summed E-state index contributed by atoms with van der Waals surface area (Å²) in [4.78, 5) is 26.9. The van der Waals surface area contributed by atoms with Crippen LogP contribution in [0.5, 0.6) is 0 Å². The van der Waals surface area contributed by atoms with Gasteiger partial charge in [0.25, 0.3) is 0 Å². The van der Waals surface area contributed by atoms with Crippen molar-refractivity contribution in [3.63, 3.8) is 0 Å². The Morgan fingerprint density at radius 3 is 2.61 bits per heavy atom. The van der Waals surface area contributed by atoms with Crippen LogP contribution in [0.1, 0.15) is 37.9 Å². The van der Waals surface area contributed by atoms with E-state index >= 15 is 0 Å². The van der Waals surface area contributed by atoms with Crippen LogP contribution >= 0.6 is 0 Å². The van der Waals surface area contributed by atoms with Gasteiger partial charge in [0.15, 0.2) is 5.65 Å². The third kappa shape index (κ3) is 3.41. The number of aliphatic carboxylic acids is 1. The van der Waals surface area contributed by atoms with Crippen molar-refractivity contribution in [3.8, 4) is 0 Å². The van der Waals surface area contributed by atoms with Gasteiger partial charge in [0, 0.05) is 19.4 Å². The molecule has 0 atom stereocenters. The van der Waals surface area contributed by atoms with Crippen molar-refractivity contribution in [2.24, 2.45) is 7.05 Å². The van der Waals surface area contributed by atoms with E-state index in [2.05, 4.69) is 15.5 Å². The summed E-state index contributed by atoms with van der Waals surface area (Å²) in [5, 5.41) is 15.7. The van der Waals surface area contributed by atoms with Gasteiger partial charge in [-0.3, -0.25) is 24.7 Å². The summed E-state index contributed by atoms with van der Waals surface area (Å²) in [6.07, 6.45) is 0. The molecule has 1 amide bonds. The Morgan fingerprint density at radius 2 is 2.09 bits per heavy atom. The lowest BCUT2D eigenvalue weighted by molar-refractivity contribution is -0.135. The zero-order valence-electron chi connectivity index (χ0n) is 13.9. The predicted molar refractivity (Wildman–Crippen MR) is 86.1 cm³/mol. The number of carbonyl (C=O) groups is 2. The number of hydrazine groups is 1. The molecule has 124 valence electrons. The van der Waals surface area contributed by atoms with Gasteiger partial charge >= 0.3 is 5.97 Å². The number of carbonyl (C=O) groups excluding carboxylic acids is 1. The highest BCUT2D eigenvalue weighted by atomic mass is 16.4. The lowest BCUT2D eigenvalue weighted by Gasteiger charge is -2.23. The monoisotopic (exact) mass is 319 g/mol. The number of carboxylic acids is 1. The van der Waals surface area contributed by atoms with Gasteiger partial charge in [-0.15, -0.1) is 0 Å². The topological polar surface area (TPSA) is 100 Å². The van der Waals surface area contributed by atoms with E-state index < -0.39 is 5.97 Å². The first kappa shape index (κ1) is 16.7. The molecule has 8 nitrogen and oxygen atoms in total. The second-order valence-electron chi connectivity index (χ2n) is 5.78. The molecule has 0 saturated heterocycles. The normalized spacial score (nSPS) is 11.0. The molecule has 0 aliphatic heterocycles. The molecule has 2 N–H and O–H groups in total. The number of rotatable bonds is 5. The van der Waals surface area contributed by atoms with Crippen LogP contribution in [0.2, 0.25) is 0 Å². The number of hydrogen-bond donors (Lipinski definition) is 2. The Labute approximate surface area is 134 Å². The van der Waals surface area contributed by atoms with Gasteiger partial charge in [-0.1, -0.05) is 13.8 Å². The Bertz CT molecular complexity index is 750. The van der Waals surface area contributed by atoms with Crippen molar-refractivity contribution in [2.75, 3.05) is 11.6 Å². The summed E-state index contributed by atoms with van der Waals surface area (Å²) in [6, 6.07) is 1.81. The molecule has 0 aliphatic carbocycles. The second-order valence-corrected chi connectivity index (χ2v) is 5.78. The molecule has 0 bridgehead atoms. The summed E-state index contributed by atoms with van der Waals surface area (Å²) in [5.74, 6) is -0.846. The van der Waals surface area contributed by atoms with Crippen LogP contribution in [0, 0.1) is 6.92 Å². The molecule has 0 unspecified atom stereocenters. The van der Waals surface area contributed by atoms with E-state index in [0.29, 0.717) is 11.5 Å². The molecular formula is C15H21N5O3. The van der Waals surface area contributed by atoms with Gasteiger partial charge in [0.2, 0.25) is 5.91 Å². The van der Waals surface area contributed by atoms with Crippen molar-refractivity contribution in [3.05, 3.63) is 17.3 Å². The smallest absolute Gasteiger partial charge is 0.325 e. The molecule has 0 spiro atoms. The van der Waals surface area contributed by atoms with Crippen molar-refractivity contribution in [1.29, 1.82) is 0 Å². The molecule has 0 saturated carbocycles. The average Bonchev–Trinajstić information content (AvgIpc) is 2.71. The number of nitrogens with zero attached hydrogens (tertiary/aromatic N) is 4. The largest absolute Gasteiger partial charge is 0.480 e. The molecule has 8 heteroatoms. The van der Waals surface area contributed by atoms with E-state index in [1.54, 1.807) is 17.8 Å². The van der Waals surface area contributed by atoms with Crippen molar-refractivity contribution in [2.45, 2.75) is 33.6 Å². The third-order valence-corrected chi connectivity index (χ3v) is 3.47. The highest BCUT2D eigenvalue weighted by Crippen LogP contribution is 2.30. The van der Waals surface area contributed by atoms with E-state index in [0.717, 1.165) is 16.6 Å². The van der Waals surface area contributed by atoms with Crippen LogP contribution in [-0.2, 0) is 16.6 Å². The summed E-state index contributed by atoms with van der Waals surface area (Å²) in [6.45, 7) is 6.95. The van der Waals surface area contributed by atoms with E-state index in [4.69, 9.17) is 5.11 Å². The maximum Gasteiger partial charge on any atom is 0.325 e. The van der Waals surface area contributed by atoms with E-state index in [-0.39, 0.29) is 18.4 Å². The molecule has 0 aliphatic rings. The van der Waals surface area contributed by atoms with Gasteiger partial charge in [-0.2, -0.15) is 5.10 Å². The second kappa shape index (κ2) is 6.23. The molecule has 2 aromatic rings. The van der Waals surface area contributed by atoms with Crippen molar-refractivity contribution >= 4 is 28.7 Å². The molecule has 0 aromatic carbocycles. The number of pyridine rings is 1. The molecule has 23 heavy (non-hydrogen) atoms. The lowest BCUT2D eigenvalue weighted by Crippen LogP contribution is -2.44. The zero-order chi connectivity index (χ0) is 17.3. The van der Waals surface area contributed by atoms with Gasteiger partial charge in [0.1, 0.15) is 12.4 Å². The number of aryl methyl sites for hydroxylation is 2. The fraction of sp³-hybridized carbons (Fsp3) is 0.467. The number of nitrogens with one attached hydrogen (secondary N) is 1. The number of amides is 1. The first-order valence-corrected chi connectivity index (χ1v) is 7.31. The van der Waals surface area contributed by atoms with Crippen LogP contribution in [0.3, 0.4) is 0 Å². The predicted octanol–water partition coefficient (Wildman–Crippen LogP) is 1.34. The van der Waals surface area contributed by atoms with Crippen molar-refractivity contribution in [1.82, 2.24) is 20.2 Å². The van der Waals surface area contributed by atoms with Gasteiger partial charge in [-0.05, 0) is 24.5 Å². The highest BCUT2D eigenvalue weighted by Gasteiger charge is 2.20. The fourth-order valence-corrected chi connectivity index (χ4v) is 2.56. The molecule has 2 aromatic heterocycles. The van der Waals surface area contributed by atoms with Crippen LogP contribution in [0.25, 0.3) is 11.0 Å². The first-order chi connectivity index (χ1) is 10.7. The zero-order valence-corrected chi connectivity index (χ0v) is 13.9. The number of hydrogen-bond acceptors (Lipinski definition) is 5. The van der Waals surface area contributed by atoms with Crippen LogP contribution in [-0.4, -0.2) is 38.3 Å². The molecular weight excluding hydrogens is 298 g/mol. The van der Waals surface area contributed by atoms with Crippen LogP contribution < -0.4 is 10.4 Å². The Hall–Kier alpha value is -2.64. The highest BCUT2D eigenvalue weighted by molar-refractivity contribution is 5.86. The number of fused-ring (bicyclic) bond motifs is 1. The van der Waals surface area contributed by atoms with Crippen LogP contribution in [0.4, 0.5) is 5.82 Å². The Morgan fingerprint density at radius 1 is 1.43 bits per heavy atom. The average molecular weight is 319 g/mol. The molecule has 0 radical (unpaired) electrons. The number of carboxylic acid groups (broad SMARTS) is 1. The Balaban J connectivity index is 2.65. The number of anilines is 1. The van der Waals surface area contributed by atoms with Gasteiger partial charge in [0.05, 0.1) is 5.69 Å². The molecule has 0 fully saturated rings. The quantitative estimate of drug-likeness (QED) is 0.807. The Kier molecular flexibility index (Phi) is 4.53. The van der Waals surface area contributed by atoms with E-state index in [1.165, 1.54) is 11.9 Å². The lowest BCUT2D eigenvalue weighted by atomic mass is 9.99. The summed E-state index contributed by atoms with van der Waals surface area (Å²) >= 11 is 0. The standard InChI is InChI=1S/C15H21N5O3/c1-8(2)11-6-12(20(7-13(22)23)18-10(4)21)16-15-14(11)9(3)17-19(15)5/h6,8H,7H2,1-5H3,(H,18,21)(H,22,23). The maximum absolute atomic E-state index is 11.4. The summed E-state index contributed by atoms with van der Waals surface area (Å²) < 4.78 is 1.66. The first-order valence-electron chi connectivity index (χ1n) is 7.31. The van der Waals surface area contributed by atoms with E-state index in [9.17, 15) is 9.59 Å². The minimum Gasteiger partial charge on any atom is -0.480 e. The van der Waals surface area contributed by atoms with Gasteiger partial charge in [-0.25, -0.2) is 4.98 Å². The third-order valence-electron chi connectivity index (χ3n) is 3.47. The maximum atomic E-state index is 11.4. The summed E-state index contributed by atoms with van der Waals surface area (Å²) in [7, 11) is 1.79. The fourth-order valence-electron chi connectivity index (χ4n) is 2.56. The molecule has 2 heterocycles. The minimum absolute atomic E-state index is 0.200. The van der Waals surface area contributed by atoms with Crippen molar-refractivity contribution < 1.29 is 14.7 Å². The summed E-state index contributed by atoms with van der Waals surface area (Å²) in [5.41, 5.74) is 5.04. The van der Waals surface area contributed by atoms with Crippen LogP contribution in [0.15, 0.2) is 6.07 Å². The van der Waals surface area contributed by atoms with E-state index in [1.807, 2.05) is 20.8 Å². The van der Waals surface area contributed by atoms with Gasteiger partial charge < -0.3 is 5.11 Å². The minimum atomic E-state index is -1.06. The molecule has 2 rings (SSSR count). The number of aromatic nitrogens is 3.